The van der Waals surface area contributed by atoms with E-state index in [9.17, 15) is 0 Å². The highest BCUT2D eigenvalue weighted by Crippen LogP contribution is 2.36. The molecular weight excluding hydrogens is 328 g/mol. The number of thioether (sulfide) groups is 1. The van der Waals surface area contributed by atoms with Crippen LogP contribution in [0.5, 0.6) is 0 Å². The van der Waals surface area contributed by atoms with E-state index in [4.69, 9.17) is 4.52 Å². The zero-order valence-corrected chi connectivity index (χ0v) is 17.6. The molecule has 0 bridgehead atoms. The first kappa shape index (κ1) is 20.8. The zero-order valence-electron chi connectivity index (χ0n) is 16.8. The second kappa shape index (κ2) is 11.3. The summed E-state index contributed by atoms with van der Waals surface area (Å²) in [5.41, 5.74) is 1.07. The number of hydrogen-bond acceptors (Lipinski definition) is 4. The lowest BCUT2D eigenvalue weighted by Gasteiger charge is -2.22. The van der Waals surface area contributed by atoms with E-state index in [1.54, 1.807) is 0 Å². The van der Waals surface area contributed by atoms with Gasteiger partial charge in [0, 0.05) is 11.3 Å². The Hall–Kier alpha value is -0.480. The molecule has 1 heterocycles. The number of aromatic nitrogens is 1. The minimum atomic E-state index is 0.563. The number of nitrogens with zero attached hydrogens (tertiary/aromatic N) is 1. The lowest BCUT2D eigenvalue weighted by molar-refractivity contribution is 0.321. The predicted molar refractivity (Wildman–Crippen MR) is 108 cm³/mol. The van der Waals surface area contributed by atoms with E-state index < -0.39 is 0 Å². The molecule has 1 aliphatic rings. The summed E-state index contributed by atoms with van der Waals surface area (Å²) in [6, 6.07) is 0.563. The van der Waals surface area contributed by atoms with Crippen molar-refractivity contribution < 1.29 is 4.52 Å². The first-order valence-electron chi connectivity index (χ1n) is 10.5. The molecular formula is C21H38N2OS. The second-order valence-corrected chi connectivity index (χ2v) is 9.29. The lowest BCUT2D eigenvalue weighted by atomic mass is 9.98. The molecule has 144 valence electrons. The van der Waals surface area contributed by atoms with Gasteiger partial charge >= 0.3 is 0 Å². The summed E-state index contributed by atoms with van der Waals surface area (Å²) < 4.78 is 5.69. The standard InChI is InChI=1S/C21H38N2OS/c1-5-6-9-14-19(16(2)3)22-15-20-21(17(4)23-24-20)25-18-12-10-7-8-11-13-18/h16,18-19,22H,5-15H2,1-4H3/t19-/m1/s1. The first-order chi connectivity index (χ1) is 12.1. The highest BCUT2D eigenvalue weighted by atomic mass is 32.2. The van der Waals surface area contributed by atoms with E-state index in [0.29, 0.717) is 12.0 Å². The number of unbranched alkanes of at least 4 members (excludes halogenated alkanes) is 2. The van der Waals surface area contributed by atoms with Gasteiger partial charge in [-0.1, -0.05) is 70.9 Å². The molecule has 1 aliphatic carbocycles. The summed E-state index contributed by atoms with van der Waals surface area (Å²) in [7, 11) is 0. The van der Waals surface area contributed by atoms with Crippen LogP contribution in [0, 0.1) is 12.8 Å². The van der Waals surface area contributed by atoms with Crippen molar-refractivity contribution in [1.82, 2.24) is 10.5 Å². The molecule has 2 rings (SSSR count). The first-order valence-corrected chi connectivity index (χ1v) is 11.3. The number of nitrogens with one attached hydrogen (secondary N) is 1. The van der Waals surface area contributed by atoms with E-state index in [2.05, 4.69) is 38.2 Å². The van der Waals surface area contributed by atoms with Crippen molar-refractivity contribution in [2.75, 3.05) is 0 Å². The number of aryl methyl sites for hydroxylation is 1. The monoisotopic (exact) mass is 366 g/mol. The molecule has 3 nitrogen and oxygen atoms in total. The van der Waals surface area contributed by atoms with Gasteiger partial charge in [-0.15, -0.1) is 11.8 Å². The van der Waals surface area contributed by atoms with Crippen LogP contribution in [0.2, 0.25) is 0 Å². The Bertz CT molecular complexity index is 478. The van der Waals surface area contributed by atoms with E-state index in [1.165, 1.54) is 69.1 Å². The van der Waals surface area contributed by atoms with Crippen LogP contribution in [0.3, 0.4) is 0 Å². The number of rotatable bonds is 10. The topological polar surface area (TPSA) is 38.1 Å². The van der Waals surface area contributed by atoms with Gasteiger partial charge in [0.2, 0.25) is 0 Å². The fourth-order valence-electron chi connectivity index (χ4n) is 3.71. The van der Waals surface area contributed by atoms with E-state index in [0.717, 1.165) is 23.2 Å². The average molecular weight is 367 g/mol. The summed E-state index contributed by atoms with van der Waals surface area (Å²) in [6.07, 6.45) is 13.4. The molecule has 0 aliphatic heterocycles. The zero-order chi connectivity index (χ0) is 18.1. The molecule has 4 heteroatoms. The maximum Gasteiger partial charge on any atom is 0.164 e. The normalized spacial score (nSPS) is 17.8. The van der Waals surface area contributed by atoms with Gasteiger partial charge in [-0.05, 0) is 32.1 Å². The largest absolute Gasteiger partial charge is 0.359 e. The van der Waals surface area contributed by atoms with Crippen LogP contribution in [-0.4, -0.2) is 16.4 Å². The van der Waals surface area contributed by atoms with Crippen molar-refractivity contribution in [3.8, 4) is 0 Å². The molecule has 0 spiro atoms. The SMILES string of the molecule is CCCCC[C@@H](NCc1onc(C)c1SC1CCCCCC1)C(C)C. The Morgan fingerprint density at radius 1 is 1.16 bits per heavy atom. The molecule has 0 saturated heterocycles. The van der Waals surface area contributed by atoms with Crippen LogP contribution in [-0.2, 0) is 6.54 Å². The van der Waals surface area contributed by atoms with Crippen molar-refractivity contribution in [1.29, 1.82) is 0 Å². The molecule has 1 fully saturated rings. The second-order valence-electron chi connectivity index (χ2n) is 7.98. The molecule has 0 aromatic carbocycles. The van der Waals surface area contributed by atoms with Crippen LogP contribution in [0.15, 0.2) is 9.42 Å². The Balaban J connectivity index is 1.92. The Kier molecular flexibility index (Phi) is 9.40. The summed E-state index contributed by atoms with van der Waals surface area (Å²) in [5, 5.41) is 8.76. The third kappa shape index (κ3) is 6.97. The summed E-state index contributed by atoms with van der Waals surface area (Å²) >= 11 is 2.02. The Labute approximate surface area is 159 Å². The molecule has 1 atom stereocenters. The summed E-state index contributed by atoms with van der Waals surface area (Å²) in [5.74, 6) is 1.70. The van der Waals surface area contributed by atoms with Gasteiger partial charge in [-0.2, -0.15) is 0 Å². The highest BCUT2D eigenvalue weighted by molar-refractivity contribution is 8.00. The highest BCUT2D eigenvalue weighted by Gasteiger charge is 2.21. The minimum Gasteiger partial charge on any atom is -0.359 e. The smallest absolute Gasteiger partial charge is 0.164 e. The third-order valence-corrected chi connectivity index (χ3v) is 6.97. The van der Waals surface area contributed by atoms with Gasteiger partial charge in [-0.3, -0.25) is 0 Å². The van der Waals surface area contributed by atoms with Crippen molar-refractivity contribution in [3.63, 3.8) is 0 Å². The lowest BCUT2D eigenvalue weighted by Crippen LogP contribution is -2.33. The van der Waals surface area contributed by atoms with Crippen LogP contribution in [0.4, 0.5) is 0 Å². The maximum absolute atomic E-state index is 5.69. The maximum atomic E-state index is 5.69. The number of hydrogen-bond donors (Lipinski definition) is 1. The van der Waals surface area contributed by atoms with Crippen LogP contribution >= 0.6 is 11.8 Å². The molecule has 0 amide bonds. The van der Waals surface area contributed by atoms with E-state index in [-0.39, 0.29) is 0 Å². The summed E-state index contributed by atoms with van der Waals surface area (Å²) in [4.78, 5) is 1.30. The van der Waals surface area contributed by atoms with Gasteiger partial charge in [-0.25, -0.2) is 0 Å². The van der Waals surface area contributed by atoms with Gasteiger partial charge in [0.25, 0.3) is 0 Å². The summed E-state index contributed by atoms with van der Waals surface area (Å²) in [6.45, 7) is 9.80. The third-order valence-electron chi connectivity index (χ3n) is 5.41. The van der Waals surface area contributed by atoms with Gasteiger partial charge in [0.1, 0.15) is 0 Å². The van der Waals surface area contributed by atoms with E-state index >= 15 is 0 Å². The van der Waals surface area contributed by atoms with Crippen molar-refractivity contribution in [2.24, 2.45) is 5.92 Å². The Morgan fingerprint density at radius 2 is 1.88 bits per heavy atom. The van der Waals surface area contributed by atoms with Crippen molar-refractivity contribution in [3.05, 3.63) is 11.5 Å². The van der Waals surface area contributed by atoms with Crippen LogP contribution in [0.1, 0.15) is 96.4 Å². The molecule has 0 unspecified atom stereocenters. The molecule has 1 aromatic rings. The molecule has 1 N–H and O–H groups in total. The Morgan fingerprint density at radius 3 is 2.52 bits per heavy atom. The fourth-order valence-corrected chi connectivity index (χ4v) is 5.06. The van der Waals surface area contributed by atoms with E-state index in [1.807, 2.05) is 11.8 Å². The molecule has 0 radical (unpaired) electrons. The van der Waals surface area contributed by atoms with Gasteiger partial charge in [0.15, 0.2) is 5.76 Å². The predicted octanol–water partition coefficient (Wildman–Crippen LogP) is 6.49. The van der Waals surface area contributed by atoms with Crippen molar-refractivity contribution in [2.45, 2.75) is 115 Å². The van der Waals surface area contributed by atoms with Crippen molar-refractivity contribution >= 4 is 11.8 Å². The quantitative estimate of drug-likeness (QED) is 0.379. The minimum absolute atomic E-state index is 0.563. The average Bonchev–Trinajstić information content (AvgIpc) is 2.78. The molecule has 25 heavy (non-hydrogen) atoms. The van der Waals surface area contributed by atoms with Gasteiger partial charge in [0.05, 0.1) is 17.1 Å². The molecule has 1 saturated carbocycles. The van der Waals surface area contributed by atoms with Crippen LogP contribution in [0.25, 0.3) is 0 Å². The molecule has 1 aromatic heterocycles. The van der Waals surface area contributed by atoms with Crippen LogP contribution < -0.4 is 5.32 Å². The van der Waals surface area contributed by atoms with Gasteiger partial charge < -0.3 is 9.84 Å². The fraction of sp³-hybridized carbons (Fsp3) is 0.857.